The summed E-state index contributed by atoms with van der Waals surface area (Å²) < 4.78 is 0. The van der Waals surface area contributed by atoms with Crippen LogP contribution in [0.15, 0.2) is 6.33 Å². The third-order valence-electron chi connectivity index (χ3n) is 4.96. The van der Waals surface area contributed by atoms with Crippen molar-refractivity contribution in [3.63, 3.8) is 0 Å². The molecule has 1 aliphatic carbocycles. The number of anilines is 2. The quantitative estimate of drug-likeness (QED) is 0.838. The summed E-state index contributed by atoms with van der Waals surface area (Å²) in [7, 11) is 1.87. The zero-order valence-corrected chi connectivity index (χ0v) is 15.5. The molecule has 2 aliphatic rings. The van der Waals surface area contributed by atoms with E-state index in [9.17, 15) is 0 Å². The van der Waals surface area contributed by atoms with E-state index in [1.807, 2.05) is 18.4 Å². The van der Waals surface area contributed by atoms with Crippen LogP contribution in [0.1, 0.15) is 47.2 Å². The van der Waals surface area contributed by atoms with Crippen LogP contribution in [-0.2, 0) is 12.8 Å². The average Bonchev–Trinajstić information content (AvgIpc) is 3.06. The second-order valence-corrected chi connectivity index (χ2v) is 8.00. The Morgan fingerprint density at radius 1 is 1.25 bits per heavy atom. The Morgan fingerprint density at radius 2 is 2.12 bits per heavy atom. The molecule has 1 saturated heterocycles. The Kier molecular flexibility index (Phi) is 4.59. The van der Waals surface area contributed by atoms with Crippen LogP contribution in [0.4, 0.5) is 11.5 Å². The Balaban J connectivity index is 1.58. The minimum absolute atomic E-state index is 0.481. The number of aromatic nitrogens is 3. The molecule has 2 aromatic rings. The van der Waals surface area contributed by atoms with Crippen molar-refractivity contribution in [1.82, 2.24) is 15.0 Å². The number of thiazole rings is 1. The smallest absolute Gasteiger partial charge is 0.157 e. The maximum absolute atomic E-state index is 6.22. The number of hydrogen-bond donors (Lipinski definition) is 1. The molecule has 0 bridgehead atoms. The minimum atomic E-state index is 0.481. The minimum Gasteiger partial charge on any atom is -0.383 e. The lowest BCUT2D eigenvalue weighted by molar-refractivity contribution is 0.504. The number of piperidine rings is 1. The lowest BCUT2D eigenvalue weighted by Gasteiger charge is -2.33. The van der Waals surface area contributed by atoms with Crippen LogP contribution in [0, 0.1) is 0 Å². The molecule has 24 heavy (non-hydrogen) atoms. The number of halogens is 1. The first-order valence-corrected chi connectivity index (χ1v) is 9.87. The van der Waals surface area contributed by atoms with Crippen LogP contribution in [0.2, 0.25) is 5.15 Å². The van der Waals surface area contributed by atoms with Gasteiger partial charge < -0.3 is 10.2 Å². The second kappa shape index (κ2) is 6.84. The molecule has 128 valence electrons. The topological polar surface area (TPSA) is 53.9 Å². The van der Waals surface area contributed by atoms with E-state index in [1.54, 1.807) is 6.33 Å². The summed E-state index contributed by atoms with van der Waals surface area (Å²) in [6.45, 7) is 1.96. The molecule has 4 rings (SSSR count). The zero-order valence-electron chi connectivity index (χ0n) is 13.9. The predicted molar refractivity (Wildman–Crippen MR) is 99.5 cm³/mol. The first-order valence-electron chi connectivity index (χ1n) is 8.68. The summed E-state index contributed by atoms with van der Waals surface area (Å²) in [4.78, 5) is 17.4. The van der Waals surface area contributed by atoms with Gasteiger partial charge in [-0.1, -0.05) is 11.6 Å². The van der Waals surface area contributed by atoms with Crippen LogP contribution in [0.25, 0.3) is 0 Å². The molecule has 5 nitrogen and oxygen atoms in total. The van der Waals surface area contributed by atoms with Crippen LogP contribution >= 0.6 is 22.9 Å². The fourth-order valence-corrected chi connectivity index (χ4v) is 5.23. The van der Waals surface area contributed by atoms with Gasteiger partial charge in [0.2, 0.25) is 0 Å². The van der Waals surface area contributed by atoms with Crippen molar-refractivity contribution in [3.8, 4) is 0 Å². The van der Waals surface area contributed by atoms with Gasteiger partial charge >= 0.3 is 0 Å². The molecular formula is C17H22ClN5S. The molecule has 2 aromatic heterocycles. The Bertz CT molecular complexity index is 708. The third-order valence-corrected chi connectivity index (χ3v) is 6.57. The van der Waals surface area contributed by atoms with Crippen LogP contribution in [-0.4, -0.2) is 35.1 Å². The van der Waals surface area contributed by atoms with Gasteiger partial charge in [-0.15, -0.1) is 11.3 Å². The summed E-state index contributed by atoms with van der Waals surface area (Å²) in [5, 5.41) is 4.94. The molecule has 0 saturated carbocycles. The summed E-state index contributed by atoms with van der Waals surface area (Å²) >= 11 is 8.16. The highest BCUT2D eigenvalue weighted by atomic mass is 35.5. The van der Waals surface area contributed by atoms with Crippen LogP contribution in [0.5, 0.6) is 0 Å². The zero-order chi connectivity index (χ0) is 16.5. The summed E-state index contributed by atoms with van der Waals surface area (Å²) in [5.74, 6) is 1.40. The Hall–Kier alpha value is -1.40. The van der Waals surface area contributed by atoms with Crippen molar-refractivity contribution < 1.29 is 0 Å². The third kappa shape index (κ3) is 2.97. The largest absolute Gasteiger partial charge is 0.383 e. The van der Waals surface area contributed by atoms with Crippen LogP contribution < -0.4 is 10.2 Å². The molecule has 1 N–H and O–H groups in total. The van der Waals surface area contributed by atoms with E-state index in [1.165, 1.54) is 41.3 Å². The number of aryl methyl sites for hydroxylation is 2. The van der Waals surface area contributed by atoms with E-state index in [0.717, 1.165) is 37.4 Å². The van der Waals surface area contributed by atoms with Crippen molar-refractivity contribution in [1.29, 1.82) is 0 Å². The molecule has 0 spiro atoms. The second-order valence-electron chi connectivity index (χ2n) is 6.53. The monoisotopic (exact) mass is 363 g/mol. The average molecular weight is 364 g/mol. The SMILES string of the molecule is CNc1c(Cl)ncnc1N1CCCC(c2nc3c(s2)CCCC3)C1. The van der Waals surface area contributed by atoms with Gasteiger partial charge in [0.15, 0.2) is 11.0 Å². The maximum atomic E-state index is 6.22. The first kappa shape index (κ1) is 16.1. The fourth-order valence-electron chi connectivity index (χ4n) is 3.73. The van der Waals surface area contributed by atoms with Crippen molar-refractivity contribution >= 4 is 34.4 Å². The number of hydrogen-bond acceptors (Lipinski definition) is 6. The van der Waals surface area contributed by atoms with Gasteiger partial charge in [0.05, 0.1) is 10.7 Å². The van der Waals surface area contributed by atoms with E-state index in [0.29, 0.717) is 11.1 Å². The molecule has 1 fully saturated rings. The summed E-state index contributed by atoms with van der Waals surface area (Å²) in [5.41, 5.74) is 2.18. The van der Waals surface area contributed by atoms with Crippen molar-refractivity contribution in [2.24, 2.45) is 0 Å². The molecule has 0 amide bonds. The van der Waals surface area contributed by atoms with Gasteiger partial charge in [-0.25, -0.2) is 15.0 Å². The van der Waals surface area contributed by atoms with Gasteiger partial charge in [0, 0.05) is 30.9 Å². The van der Waals surface area contributed by atoms with E-state index < -0.39 is 0 Å². The van der Waals surface area contributed by atoms with E-state index in [2.05, 4.69) is 20.2 Å². The molecule has 1 atom stereocenters. The normalized spacial score (nSPS) is 20.8. The highest BCUT2D eigenvalue weighted by molar-refractivity contribution is 7.11. The summed E-state index contributed by atoms with van der Waals surface area (Å²) in [6.07, 6.45) is 8.89. The number of fused-ring (bicyclic) bond motifs is 1. The number of rotatable bonds is 3. The van der Waals surface area contributed by atoms with E-state index in [-0.39, 0.29) is 0 Å². The molecule has 1 aliphatic heterocycles. The fraction of sp³-hybridized carbons (Fsp3) is 0.588. The van der Waals surface area contributed by atoms with Gasteiger partial charge in [0.25, 0.3) is 0 Å². The van der Waals surface area contributed by atoms with Crippen molar-refractivity contribution in [2.45, 2.75) is 44.4 Å². The van der Waals surface area contributed by atoms with Gasteiger partial charge in [-0.3, -0.25) is 0 Å². The number of nitrogens with zero attached hydrogens (tertiary/aromatic N) is 4. The van der Waals surface area contributed by atoms with Gasteiger partial charge in [-0.05, 0) is 38.5 Å². The predicted octanol–water partition coefficient (Wildman–Crippen LogP) is 3.89. The molecular weight excluding hydrogens is 342 g/mol. The van der Waals surface area contributed by atoms with Crippen LogP contribution in [0.3, 0.4) is 0 Å². The molecule has 0 aromatic carbocycles. The lowest BCUT2D eigenvalue weighted by atomic mass is 9.98. The highest BCUT2D eigenvalue weighted by Crippen LogP contribution is 2.37. The highest BCUT2D eigenvalue weighted by Gasteiger charge is 2.28. The van der Waals surface area contributed by atoms with Gasteiger partial charge in [0.1, 0.15) is 12.0 Å². The van der Waals surface area contributed by atoms with Gasteiger partial charge in [-0.2, -0.15) is 0 Å². The Morgan fingerprint density at radius 3 is 2.96 bits per heavy atom. The van der Waals surface area contributed by atoms with Crippen molar-refractivity contribution in [3.05, 3.63) is 27.1 Å². The standard InChI is InChI=1S/C17H22ClN5S/c1-19-14-15(18)20-10-21-16(14)23-8-4-5-11(9-23)17-22-12-6-2-3-7-13(12)24-17/h10-11,19H,2-9H2,1H3. The summed E-state index contributed by atoms with van der Waals surface area (Å²) in [6, 6.07) is 0. The Labute approximate surface area is 151 Å². The first-order chi connectivity index (χ1) is 11.8. The van der Waals surface area contributed by atoms with E-state index >= 15 is 0 Å². The van der Waals surface area contributed by atoms with E-state index in [4.69, 9.17) is 16.6 Å². The molecule has 1 unspecified atom stereocenters. The lowest BCUT2D eigenvalue weighted by Crippen LogP contribution is -2.35. The maximum Gasteiger partial charge on any atom is 0.157 e. The number of nitrogens with one attached hydrogen (secondary N) is 1. The molecule has 0 radical (unpaired) electrons. The van der Waals surface area contributed by atoms with Crippen molar-refractivity contribution in [2.75, 3.05) is 30.4 Å². The molecule has 3 heterocycles. The molecule has 7 heteroatoms.